The fourth-order valence-corrected chi connectivity index (χ4v) is 2.27. The number of nitrogens with one attached hydrogen (secondary N) is 1. The second-order valence-electron chi connectivity index (χ2n) is 3.98. The third kappa shape index (κ3) is 3.52. The van der Waals surface area contributed by atoms with Crippen molar-refractivity contribution in [2.75, 3.05) is 11.6 Å². The zero-order valence-electron chi connectivity index (χ0n) is 10.4. The Morgan fingerprint density at radius 3 is 2.65 bits per heavy atom. The minimum atomic E-state index is -3.37. The molecule has 0 saturated heterocycles. The fraction of sp³-hybridized carbons (Fsp3) is 0.0833. The molecule has 8 heteroatoms. The molecule has 0 radical (unpaired) electrons. The van der Waals surface area contributed by atoms with Crippen molar-refractivity contribution >= 4 is 33.2 Å². The Hall–Kier alpha value is -1.99. The smallest absolute Gasteiger partial charge is 0.256 e. The van der Waals surface area contributed by atoms with Gasteiger partial charge in [0.25, 0.3) is 5.91 Å². The molecule has 0 atom stereocenters. The quantitative estimate of drug-likeness (QED) is 0.873. The number of nitrogens with zero attached hydrogens (tertiary/aromatic N) is 2. The summed E-state index contributed by atoms with van der Waals surface area (Å²) in [6.45, 7) is 0. The molecule has 1 heterocycles. The van der Waals surface area contributed by atoms with Crippen LogP contribution < -0.4 is 5.32 Å². The highest BCUT2D eigenvalue weighted by Crippen LogP contribution is 2.14. The average molecular weight is 312 g/mol. The van der Waals surface area contributed by atoms with Gasteiger partial charge in [0.2, 0.25) is 0 Å². The maximum Gasteiger partial charge on any atom is 0.256 e. The summed E-state index contributed by atoms with van der Waals surface area (Å²) in [5, 5.41) is 2.70. The Labute approximate surface area is 120 Å². The number of hydrogen-bond donors (Lipinski definition) is 1. The van der Waals surface area contributed by atoms with Crippen LogP contribution in [0.15, 0.2) is 41.6 Å². The van der Waals surface area contributed by atoms with E-state index in [0.717, 1.165) is 6.26 Å². The number of carbonyl (C=O) groups is 1. The van der Waals surface area contributed by atoms with Gasteiger partial charge < -0.3 is 5.32 Å². The van der Waals surface area contributed by atoms with Crippen molar-refractivity contribution < 1.29 is 13.2 Å². The van der Waals surface area contributed by atoms with Crippen molar-refractivity contribution in [2.45, 2.75) is 4.90 Å². The zero-order valence-corrected chi connectivity index (χ0v) is 11.9. The van der Waals surface area contributed by atoms with E-state index in [2.05, 4.69) is 15.3 Å². The molecule has 0 unspecified atom stereocenters. The minimum absolute atomic E-state index is 0.0749. The van der Waals surface area contributed by atoms with Gasteiger partial charge in [-0.2, -0.15) is 0 Å². The number of sulfone groups is 1. The molecule has 0 spiro atoms. The first-order chi connectivity index (χ1) is 9.36. The maximum atomic E-state index is 12.0. The molecule has 6 nitrogen and oxygen atoms in total. The minimum Gasteiger partial charge on any atom is -0.306 e. The lowest BCUT2D eigenvalue weighted by Gasteiger charge is -2.05. The van der Waals surface area contributed by atoms with Gasteiger partial charge in [0.05, 0.1) is 4.90 Å². The molecule has 20 heavy (non-hydrogen) atoms. The largest absolute Gasteiger partial charge is 0.306 e. The predicted molar refractivity (Wildman–Crippen MR) is 74.5 cm³/mol. The second-order valence-corrected chi connectivity index (χ2v) is 6.38. The molecule has 1 N–H and O–H groups in total. The van der Waals surface area contributed by atoms with Gasteiger partial charge >= 0.3 is 0 Å². The Bertz CT molecular complexity index is 762. The maximum absolute atomic E-state index is 12.0. The van der Waals surface area contributed by atoms with Crippen molar-refractivity contribution in [3.05, 3.63) is 47.4 Å². The molecule has 0 saturated carbocycles. The van der Waals surface area contributed by atoms with Gasteiger partial charge in [0, 0.05) is 17.9 Å². The van der Waals surface area contributed by atoms with Crippen LogP contribution in [0.3, 0.4) is 0 Å². The van der Waals surface area contributed by atoms with Crippen LogP contribution in [0.4, 0.5) is 5.82 Å². The summed E-state index contributed by atoms with van der Waals surface area (Å²) in [6, 6.07) is 7.12. The first-order valence-corrected chi connectivity index (χ1v) is 7.72. The van der Waals surface area contributed by atoms with Crippen LogP contribution in [-0.4, -0.2) is 30.5 Å². The van der Waals surface area contributed by atoms with Crippen LogP contribution in [-0.2, 0) is 9.84 Å². The average Bonchev–Trinajstić information content (AvgIpc) is 2.38. The summed E-state index contributed by atoms with van der Waals surface area (Å²) in [7, 11) is -3.37. The van der Waals surface area contributed by atoms with Crippen LogP contribution in [0.2, 0.25) is 5.15 Å². The molecule has 1 aromatic heterocycles. The third-order valence-corrected chi connectivity index (χ3v) is 3.72. The number of aromatic nitrogens is 2. The fourth-order valence-electron chi connectivity index (χ4n) is 1.46. The van der Waals surface area contributed by atoms with E-state index < -0.39 is 15.7 Å². The SMILES string of the molecule is CS(=O)(=O)c1cccc(C(=O)Nc2cc(Cl)ncn2)c1. The molecule has 2 rings (SSSR count). The van der Waals surface area contributed by atoms with Crippen molar-refractivity contribution in [3.63, 3.8) is 0 Å². The summed E-state index contributed by atoms with van der Waals surface area (Å²) >= 11 is 5.68. The number of benzene rings is 1. The van der Waals surface area contributed by atoms with E-state index in [-0.39, 0.29) is 21.4 Å². The van der Waals surface area contributed by atoms with Gasteiger partial charge in [0.1, 0.15) is 17.3 Å². The van der Waals surface area contributed by atoms with Crippen LogP contribution in [0.25, 0.3) is 0 Å². The lowest BCUT2D eigenvalue weighted by molar-refractivity contribution is 0.102. The van der Waals surface area contributed by atoms with Gasteiger partial charge in [-0.1, -0.05) is 17.7 Å². The van der Waals surface area contributed by atoms with Crippen molar-refractivity contribution in [3.8, 4) is 0 Å². The summed E-state index contributed by atoms with van der Waals surface area (Å²) in [5.41, 5.74) is 0.211. The number of hydrogen-bond acceptors (Lipinski definition) is 5. The first-order valence-electron chi connectivity index (χ1n) is 5.45. The van der Waals surface area contributed by atoms with Crippen LogP contribution >= 0.6 is 11.6 Å². The number of halogens is 1. The molecule has 0 aliphatic carbocycles. The normalized spacial score (nSPS) is 11.1. The number of carbonyl (C=O) groups excluding carboxylic acids is 1. The second kappa shape index (κ2) is 5.56. The van der Waals surface area contributed by atoms with Gasteiger partial charge in [-0.25, -0.2) is 18.4 Å². The topological polar surface area (TPSA) is 89.0 Å². The van der Waals surface area contributed by atoms with Crippen LogP contribution in [0, 0.1) is 0 Å². The Morgan fingerprint density at radius 2 is 2.00 bits per heavy atom. The highest BCUT2D eigenvalue weighted by molar-refractivity contribution is 7.90. The summed E-state index contributed by atoms with van der Waals surface area (Å²) < 4.78 is 22.9. The molecule has 0 fully saturated rings. The van der Waals surface area contributed by atoms with Gasteiger partial charge in [-0.3, -0.25) is 4.79 Å². The van der Waals surface area contributed by atoms with E-state index in [1.807, 2.05) is 0 Å². The predicted octanol–water partition coefficient (Wildman–Crippen LogP) is 1.79. The molecule has 2 aromatic rings. The van der Waals surface area contributed by atoms with Gasteiger partial charge in [-0.05, 0) is 18.2 Å². The number of rotatable bonds is 3. The molecule has 0 bridgehead atoms. The van der Waals surface area contributed by atoms with Crippen molar-refractivity contribution in [2.24, 2.45) is 0 Å². The molecule has 0 aliphatic rings. The van der Waals surface area contributed by atoms with E-state index in [1.165, 1.54) is 36.7 Å². The highest BCUT2D eigenvalue weighted by Gasteiger charge is 2.12. The molecular formula is C12H10ClN3O3S. The number of anilines is 1. The van der Waals surface area contributed by atoms with Crippen LogP contribution in [0.1, 0.15) is 10.4 Å². The molecule has 1 aromatic carbocycles. The lowest BCUT2D eigenvalue weighted by atomic mass is 10.2. The van der Waals surface area contributed by atoms with E-state index in [4.69, 9.17) is 11.6 Å². The Balaban J connectivity index is 2.26. The summed E-state index contributed by atoms with van der Waals surface area (Å²) in [5.74, 6) is -0.245. The molecular weight excluding hydrogens is 302 g/mol. The summed E-state index contributed by atoms with van der Waals surface area (Å²) in [6.07, 6.45) is 2.29. The lowest BCUT2D eigenvalue weighted by Crippen LogP contribution is -2.13. The van der Waals surface area contributed by atoms with E-state index in [0.29, 0.717) is 0 Å². The van der Waals surface area contributed by atoms with Gasteiger partial charge in [-0.15, -0.1) is 0 Å². The van der Waals surface area contributed by atoms with Gasteiger partial charge in [0.15, 0.2) is 9.84 Å². The van der Waals surface area contributed by atoms with E-state index in [1.54, 1.807) is 0 Å². The van der Waals surface area contributed by atoms with Crippen LogP contribution in [0.5, 0.6) is 0 Å². The summed E-state index contributed by atoms with van der Waals surface area (Å²) in [4.78, 5) is 19.6. The molecule has 0 aliphatic heterocycles. The van der Waals surface area contributed by atoms with E-state index in [9.17, 15) is 13.2 Å². The highest BCUT2D eigenvalue weighted by atomic mass is 35.5. The monoisotopic (exact) mass is 311 g/mol. The Kier molecular flexibility index (Phi) is 4.01. The van der Waals surface area contributed by atoms with Crippen molar-refractivity contribution in [1.82, 2.24) is 9.97 Å². The third-order valence-electron chi connectivity index (χ3n) is 2.40. The number of amides is 1. The Morgan fingerprint density at radius 1 is 1.25 bits per heavy atom. The zero-order chi connectivity index (χ0) is 14.8. The first kappa shape index (κ1) is 14.4. The molecule has 1 amide bonds. The standard InChI is InChI=1S/C12H10ClN3O3S/c1-20(18,19)9-4-2-3-8(5-9)12(17)16-11-6-10(13)14-7-15-11/h2-7H,1H3,(H,14,15,16,17). The van der Waals surface area contributed by atoms with Crippen molar-refractivity contribution in [1.29, 1.82) is 0 Å². The van der Waals surface area contributed by atoms with E-state index >= 15 is 0 Å². The molecule has 104 valence electrons.